The molecule has 3 rings (SSSR count). The number of ether oxygens (including phenoxy) is 2. The molecule has 0 spiro atoms. The van der Waals surface area contributed by atoms with Crippen molar-refractivity contribution >= 4 is 17.1 Å². The fourth-order valence-electron chi connectivity index (χ4n) is 3.77. The zero-order chi connectivity index (χ0) is 21.9. The number of hydrogen-bond acceptors (Lipinski definition) is 4. The van der Waals surface area contributed by atoms with Crippen molar-refractivity contribution in [3.05, 3.63) is 90.5 Å². The average Bonchev–Trinajstić information content (AvgIpc) is 2.83. The molecule has 0 amide bonds. The molecule has 0 saturated carbocycles. The van der Waals surface area contributed by atoms with Crippen LogP contribution < -0.4 is 4.90 Å². The molecule has 0 aliphatic rings. The van der Waals surface area contributed by atoms with Crippen LogP contribution in [0.15, 0.2) is 84.9 Å². The highest BCUT2D eigenvalue weighted by atomic mass is 16.5. The van der Waals surface area contributed by atoms with Crippen molar-refractivity contribution in [1.82, 2.24) is 4.90 Å². The Morgan fingerprint density at radius 1 is 0.710 bits per heavy atom. The maximum Gasteiger partial charge on any atom is 0.0700 e. The summed E-state index contributed by atoms with van der Waals surface area (Å²) in [6, 6.07) is 30.2. The highest BCUT2D eigenvalue weighted by Crippen LogP contribution is 2.34. The van der Waals surface area contributed by atoms with Crippen LogP contribution in [0.5, 0.6) is 0 Å². The van der Waals surface area contributed by atoms with Gasteiger partial charge in [-0.1, -0.05) is 55.5 Å². The molecular weight excluding hydrogens is 384 g/mol. The molecule has 0 aliphatic carbocycles. The monoisotopic (exact) mass is 418 g/mol. The summed E-state index contributed by atoms with van der Waals surface area (Å²) in [5.41, 5.74) is 4.76. The van der Waals surface area contributed by atoms with E-state index in [-0.39, 0.29) is 0 Å². The number of benzene rings is 3. The molecule has 31 heavy (non-hydrogen) atoms. The molecule has 0 N–H and O–H groups in total. The number of nitrogens with zero attached hydrogens (tertiary/aromatic N) is 2. The highest BCUT2D eigenvalue weighted by molar-refractivity contribution is 5.76. The number of hydrogen-bond donors (Lipinski definition) is 0. The molecule has 0 bridgehead atoms. The van der Waals surface area contributed by atoms with Gasteiger partial charge in [-0.15, -0.1) is 0 Å². The summed E-state index contributed by atoms with van der Waals surface area (Å²) < 4.78 is 10.7. The van der Waals surface area contributed by atoms with Crippen molar-refractivity contribution in [3.8, 4) is 0 Å². The summed E-state index contributed by atoms with van der Waals surface area (Å²) in [6.45, 7) is 8.36. The molecule has 0 aromatic heterocycles. The van der Waals surface area contributed by atoms with Gasteiger partial charge in [0, 0.05) is 36.8 Å². The van der Waals surface area contributed by atoms with E-state index in [1.54, 1.807) is 7.11 Å². The van der Waals surface area contributed by atoms with Crippen LogP contribution in [0.4, 0.5) is 17.1 Å². The van der Waals surface area contributed by atoms with Gasteiger partial charge < -0.3 is 14.4 Å². The van der Waals surface area contributed by atoms with Gasteiger partial charge in [-0.2, -0.15) is 0 Å². The van der Waals surface area contributed by atoms with E-state index in [1.807, 2.05) is 0 Å². The molecule has 0 fully saturated rings. The third-order valence-electron chi connectivity index (χ3n) is 5.57. The number of likely N-dealkylation sites (N-methyl/N-ethyl adjacent to an activating group) is 1. The molecule has 0 heterocycles. The second-order valence-electron chi connectivity index (χ2n) is 7.51. The second-order valence-corrected chi connectivity index (χ2v) is 7.51. The van der Waals surface area contributed by atoms with Gasteiger partial charge in [-0.25, -0.2) is 0 Å². The van der Waals surface area contributed by atoms with Crippen LogP contribution in [0, 0.1) is 0 Å². The van der Waals surface area contributed by atoms with Crippen LogP contribution in [0.25, 0.3) is 0 Å². The van der Waals surface area contributed by atoms with E-state index in [2.05, 4.69) is 109 Å². The Balaban J connectivity index is 1.75. The first kappa shape index (κ1) is 23.0. The van der Waals surface area contributed by atoms with Gasteiger partial charge in [0.1, 0.15) is 0 Å². The van der Waals surface area contributed by atoms with Gasteiger partial charge in [-0.05, 0) is 55.4 Å². The van der Waals surface area contributed by atoms with E-state index in [9.17, 15) is 0 Å². The van der Waals surface area contributed by atoms with Crippen molar-refractivity contribution in [3.63, 3.8) is 0 Å². The fraction of sp³-hybridized carbons (Fsp3) is 0.333. The standard InChI is InChI=1S/C27H34N2O2/c1-4-28(19-20-31-22-21-30-3)23(2)24-15-17-27(18-16-24)29(25-11-7-5-8-12-25)26-13-9-6-10-14-26/h5-18,23H,4,19-22H2,1-3H3. The Morgan fingerprint density at radius 3 is 1.77 bits per heavy atom. The molecule has 0 aliphatic heterocycles. The molecule has 0 saturated heterocycles. The van der Waals surface area contributed by atoms with Crippen molar-refractivity contribution in [2.45, 2.75) is 19.9 Å². The lowest BCUT2D eigenvalue weighted by Gasteiger charge is -2.29. The van der Waals surface area contributed by atoms with Crippen LogP contribution in [-0.2, 0) is 9.47 Å². The zero-order valence-corrected chi connectivity index (χ0v) is 18.9. The first-order valence-electron chi connectivity index (χ1n) is 11.1. The Kier molecular flexibility index (Phi) is 9.10. The maximum absolute atomic E-state index is 5.67. The van der Waals surface area contributed by atoms with Crippen LogP contribution in [0.1, 0.15) is 25.5 Å². The van der Waals surface area contributed by atoms with Crippen LogP contribution in [0.2, 0.25) is 0 Å². The topological polar surface area (TPSA) is 24.9 Å². The molecule has 4 nitrogen and oxygen atoms in total. The third-order valence-corrected chi connectivity index (χ3v) is 5.57. The minimum atomic E-state index is 0.326. The predicted molar refractivity (Wildman–Crippen MR) is 129 cm³/mol. The zero-order valence-electron chi connectivity index (χ0n) is 18.9. The molecule has 0 radical (unpaired) electrons. The quantitative estimate of drug-likeness (QED) is 0.327. The van der Waals surface area contributed by atoms with Crippen LogP contribution in [0.3, 0.4) is 0 Å². The summed E-state index contributed by atoms with van der Waals surface area (Å²) in [5.74, 6) is 0. The van der Waals surface area contributed by atoms with Crippen molar-refractivity contribution in [2.24, 2.45) is 0 Å². The third kappa shape index (κ3) is 6.41. The second kappa shape index (κ2) is 12.3. The molecular formula is C27H34N2O2. The van der Waals surface area contributed by atoms with Crippen molar-refractivity contribution in [2.75, 3.05) is 44.9 Å². The maximum atomic E-state index is 5.67. The minimum Gasteiger partial charge on any atom is -0.382 e. The largest absolute Gasteiger partial charge is 0.382 e. The number of anilines is 3. The van der Waals surface area contributed by atoms with E-state index in [0.717, 1.165) is 36.8 Å². The molecule has 1 atom stereocenters. The van der Waals surface area contributed by atoms with Gasteiger partial charge in [0.2, 0.25) is 0 Å². The Bertz CT molecular complexity index is 829. The minimum absolute atomic E-state index is 0.326. The summed E-state index contributed by atoms with van der Waals surface area (Å²) in [7, 11) is 1.70. The molecule has 1 unspecified atom stereocenters. The average molecular weight is 419 g/mol. The molecule has 164 valence electrons. The van der Waals surface area contributed by atoms with Gasteiger partial charge >= 0.3 is 0 Å². The SMILES string of the molecule is CCN(CCOCCOC)C(C)c1ccc(N(c2ccccc2)c2ccccc2)cc1. The smallest absolute Gasteiger partial charge is 0.0700 e. The van der Waals surface area contributed by atoms with Gasteiger partial charge in [0.25, 0.3) is 0 Å². The highest BCUT2D eigenvalue weighted by Gasteiger charge is 2.16. The normalized spacial score (nSPS) is 12.1. The van der Waals surface area contributed by atoms with Crippen molar-refractivity contribution < 1.29 is 9.47 Å². The summed E-state index contributed by atoms with van der Waals surface area (Å²) in [5, 5.41) is 0. The van der Waals surface area contributed by atoms with E-state index < -0.39 is 0 Å². The van der Waals surface area contributed by atoms with Crippen LogP contribution in [-0.4, -0.2) is 44.9 Å². The van der Waals surface area contributed by atoms with E-state index in [1.165, 1.54) is 5.56 Å². The number of methoxy groups -OCH3 is 1. The lowest BCUT2D eigenvalue weighted by atomic mass is 10.1. The summed E-state index contributed by atoms with van der Waals surface area (Å²) in [6.07, 6.45) is 0. The summed E-state index contributed by atoms with van der Waals surface area (Å²) in [4.78, 5) is 4.73. The van der Waals surface area contributed by atoms with Crippen LogP contribution >= 0.6 is 0 Å². The van der Waals surface area contributed by atoms with Gasteiger partial charge in [0.05, 0.1) is 19.8 Å². The molecule has 3 aromatic carbocycles. The van der Waals surface area contributed by atoms with Crippen molar-refractivity contribution in [1.29, 1.82) is 0 Å². The number of rotatable bonds is 12. The Morgan fingerprint density at radius 2 is 1.26 bits per heavy atom. The molecule has 4 heteroatoms. The molecule has 3 aromatic rings. The Labute approximate surface area is 187 Å². The lowest BCUT2D eigenvalue weighted by Crippen LogP contribution is -2.30. The Hall–Kier alpha value is -2.66. The first-order chi connectivity index (χ1) is 15.2. The van der Waals surface area contributed by atoms with Gasteiger partial charge in [-0.3, -0.25) is 4.90 Å². The first-order valence-corrected chi connectivity index (χ1v) is 11.1. The number of para-hydroxylation sites is 2. The van der Waals surface area contributed by atoms with Gasteiger partial charge in [0.15, 0.2) is 0 Å². The van der Waals surface area contributed by atoms with E-state index in [4.69, 9.17) is 9.47 Å². The van der Waals surface area contributed by atoms with E-state index >= 15 is 0 Å². The lowest BCUT2D eigenvalue weighted by molar-refractivity contribution is 0.0518. The van der Waals surface area contributed by atoms with E-state index in [0.29, 0.717) is 19.3 Å². The summed E-state index contributed by atoms with van der Waals surface area (Å²) >= 11 is 0. The predicted octanol–water partition coefficient (Wildman–Crippen LogP) is 6.20. The fourth-order valence-corrected chi connectivity index (χ4v) is 3.77.